The van der Waals surface area contributed by atoms with Gasteiger partial charge in [0.25, 0.3) is 5.56 Å². The van der Waals surface area contributed by atoms with E-state index >= 15 is 0 Å². The van der Waals surface area contributed by atoms with Gasteiger partial charge in [-0.25, -0.2) is 4.98 Å². The molecule has 3 rings (SSSR count). The third kappa shape index (κ3) is 2.07. The van der Waals surface area contributed by atoms with E-state index in [2.05, 4.69) is 9.97 Å². The molecule has 5 nitrogen and oxygen atoms in total. The molecule has 0 aliphatic carbocycles. The Kier molecular flexibility index (Phi) is 2.94. The first kappa shape index (κ1) is 11.5. The summed E-state index contributed by atoms with van der Waals surface area (Å²) in [6.45, 7) is 1.10. The highest BCUT2D eigenvalue weighted by atomic mass is 127. The van der Waals surface area contributed by atoms with Gasteiger partial charge in [-0.1, -0.05) is 0 Å². The van der Waals surface area contributed by atoms with Crippen LogP contribution in [0.1, 0.15) is 0 Å². The van der Waals surface area contributed by atoms with Gasteiger partial charge >= 0.3 is 0 Å². The highest BCUT2D eigenvalue weighted by Gasteiger charge is 2.13. The first-order chi connectivity index (χ1) is 8.74. The number of halogens is 1. The van der Waals surface area contributed by atoms with Crippen molar-refractivity contribution in [3.05, 3.63) is 38.3 Å². The van der Waals surface area contributed by atoms with Crippen LogP contribution in [-0.2, 0) is 0 Å². The Balaban J connectivity index is 2.06. The molecule has 0 spiro atoms. The van der Waals surface area contributed by atoms with Crippen LogP contribution < -0.4 is 15.0 Å². The van der Waals surface area contributed by atoms with Crippen LogP contribution in [0.4, 0.5) is 0 Å². The number of aromatic amines is 1. The Hall–Kier alpha value is -1.57. The lowest BCUT2D eigenvalue weighted by molar-refractivity contribution is 0.171. The molecule has 0 saturated carbocycles. The van der Waals surface area contributed by atoms with E-state index in [1.807, 2.05) is 40.8 Å². The van der Waals surface area contributed by atoms with Gasteiger partial charge in [-0.3, -0.25) is 4.79 Å². The van der Waals surface area contributed by atoms with Crippen molar-refractivity contribution in [3.63, 3.8) is 0 Å². The highest BCUT2D eigenvalue weighted by molar-refractivity contribution is 14.1. The van der Waals surface area contributed by atoms with Gasteiger partial charge < -0.3 is 14.5 Å². The number of aromatic nitrogens is 2. The van der Waals surface area contributed by atoms with Crippen LogP contribution in [-0.4, -0.2) is 23.2 Å². The van der Waals surface area contributed by atoms with Crippen LogP contribution in [0.25, 0.3) is 11.4 Å². The van der Waals surface area contributed by atoms with Gasteiger partial charge in [-0.15, -0.1) is 0 Å². The van der Waals surface area contributed by atoms with E-state index in [1.165, 1.54) is 0 Å². The second-order valence-electron chi connectivity index (χ2n) is 3.77. The lowest BCUT2D eigenvalue weighted by Gasteiger charge is -2.18. The second-order valence-corrected chi connectivity index (χ2v) is 4.93. The summed E-state index contributed by atoms with van der Waals surface area (Å²) in [7, 11) is 0. The fourth-order valence-electron chi connectivity index (χ4n) is 1.72. The number of rotatable bonds is 1. The van der Waals surface area contributed by atoms with E-state index in [4.69, 9.17) is 9.47 Å². The molecule has 0 bridgehead atoms. The number of H-pyrrole nitrogens is 1. The van der Waals surface area contributed by atoms with E-state index in [9.17, 15) is 4.79 Å². The smallest absolute Gasteiger partial charge is 0.264 e. The third-order valence-corrected chi connectivity index (χ3v) is 3.34. The van der Waals surface area contributed by atoms with Crippen molar-refractivity contribution in [2.24, 2.45) is 0 Å². The summed E-state index contributed by atoms with van der Waals surface area (Å²) in [6.07, 6.45) is 1.55. The minimum Gasteiger partial charge on any atom is -0.486 e. The zero-order valence-corrected chi connectivity index (χ0v) is 11.4. The fraction of sp³-hybridized carbons (Fsp3) is 0.167. The number of benzene rings is 1. The average molecular weight is 356 g/mol. The largest absolute Gasteiger partial charge is 0.486 e. The summed E-state index contributed by atoms with van der Waals surface area (Å²) >= 11 is 1.94. The quantitative estimate of drug-likeness (QED) is 0.792. The van der Waals surface area contributed by atoms with Crippen LogP contribution in [0.2, 0.25) is 0 Å². The second kappa shape index (κ2) is 4.60. The number of hydrogen-bond acceptors (Lipinski definition) is 4. The maximum absolute atomic E-state index is 11.5. The minimum absolute atomic E-state index is 0.143. The Bertz CT molecular complexity index is 654. The topological polar surface area (TPSA) is 64.2 Å². The van der Waals surface area contributed by atoms with Crippen molar-refractivity contribution in [2.75, 3.05) is 13.2 Å². The Morgan fingerprint density at radius 3 is 2.78 bits per heavy atom. The van der Waals surface area contributed by atoms with Crippen LogP contribution >= 0.6 is 22.6 Å². The molecule has 18 heavy (non-hydrogen) atoms. The molecule has 1 aromatic carbocycles. The normalized spacial score (nSPS) is 13.4. The maximum Gasteiger partial charge on any atom is 0.264 e. The van der Waals surface area contributed by atoms with Crippen molar-refractivity contribution < 1.29 is 9.47 Å². The maximum atomic E-state index is 11.5. The molecular weight excluding hydrogens is 347 g/mol. The van der Waals surface area contributed by atoms with Crippen LogP contribution in [0, 0.1) is 3.57 Å². The van der Waals surface area contributed by atoms with Crippen LogP contribution in [0.3, 0.4) is 0 Å². The van der Waals surface area contributed by atoms with Crippen molar-refractivity contribution >= 4 is 22.6 Å². The number of nitrogens with zero attached hydrogens (tertiary/aromatic N) is 1. The number of hydrogen-bond donors (Lipinski definition) is 1. The standard InChI is InChI=1S/C12H9IN2O3/c13-8-6-14-11(15-12(8)16)7-1-2-9-10(5-7)18-4-3-17-9/h1-2,5-6H,3-4H2,(H,14,15,16). The molecule has 0 unspecified atom stereocenters. The zero-order valence-electron chi connectivity index (χ0n) is 9.27. The summed E-state index contributed by atoms with van der Waals surface area (Å²) < 4.78 is 11.5. The molecule has 0 amide bonds. The van der Waals surface area contributed by atoms with Gasteiger partial charge in [0.2, 0.25) is 0 Å². The molecule has 0 radical (unpaired) electrons. The Morgan fingerprint density at radius 1 is 1.22 bits per heavy atom. The summed E-state index contributed by atoms with van der Waals surface area (Å²) in [5.41, 5.74) is 0.656. The lowest BCUT2D eigenvalue weighted by atomic mass is 10.2. The van der Waals surface area contributed by atoms with Gasteiger partial charge in [-0.2, -0.15) is 0 Å². The number of fused-ring (bicyclic) bond motifs is 1. The molecule has 0 saturated heterocycles. The zero-order chi connectivity index (χ0) is 12.5. The van der Waals surface area contributed by atoms with Gasteiger partial charge in [0, 0.05) is 11.8 Å². The molecule has 92 valence electrons. The van der Waals surface area contributed by atoms with Crippen molar-refractivity contribution in [2.45, 2.75) is 0 Å². The van der Waals surface area contributed by atoms with Gasteiger partial charge in [0.05, 0.1) is 3.57 Å². The molecule has 2 heterocycles. The van der Waals surface area contributed by atoms with E-state index < -0.39 is 0 Å². The summed E-state index contributed by atoms with van der Waals surface area (Å²) in [4.78, 5) is 18.5. The van der Waals surface area contributed by atoms with Gasteiger partial charge in [0.15, 0.2) is 11.5 Å². The first-order valence-corrected chi connectivity index (χ1v) is 6.47. The minimum atomic E-state index is -0.143. The van der Waals surface area contributed by atoms with Crippen molar-refractivity contribution in [1.82, 2.24) is 9.97 Å². The van der Waals surface area contributed by atoms with Gasteiger partial charge in [-0.05, 0) is 40.8 Å². The molecule has 2 aromatic rings. The average Bonchev–Trinajstić information content (AvgIpc) is 2.41. The molecule has 1 aliphatic rings. The van der Waals surface area contributed by atoms with Crippen LogP contribution in [0.5, 0.6) is 11.5 Å². The predicted octanol–water partition coefficient (Wildman–Crippen LogP) is 1.81. The molecular formula is C12H9IN2O3. The highest BCUT2D eigenvalue weighted by Crippen LogP contribution is 2.33. The van der Waals surface area contributed by atoms with Crippen molar-refractivity contribution in [3.8, 4) is 22.9 Å². The van der Waals surface area contributed by atoms with E-state index in [1.54, 1.807) is 6.20 Å². The number of ether oxygens (including phenoxy) is 2. The van der Waals surface area contributed by atoms with E-state index in [0.717, 1.165) is 11.3 Å². The fourth-order valence-corrected chi connectivity index (χ4v) is 1.99. The Labute approximate surface area is 116 Å². The lowest BCUT2D eigenvalue weighted by Crippen LogP contribution is -2.15. The monoisotopic (exact) mass is 356 g/mol. The molecule has 1 aromatic heterocycles. The Morgan fingerprint density at radius 2 is 2.00 bits per heavy atom. The predicted molar refractivity (Wildman–Crippen MR) is 74.0 cm³/mol. The molecule has 6 heteroatoms. The third-order valence-electron chi connectivity index (χ3n) is 2.57. The first-order valence-electron chi connectivity index (χ1n) is 5.39. The molecule has 0 atom stereocenters. The van der Waals surface area contributed by atoms with Crippen molar-refractivity contribution in [1.29, 1.82) is 0 Å². The van der Waals surface area contributed by atoms with E-state index in [0.29, 0.717) is 28.4 Å². The van der Waals surface area contributed by atoms with E-state index in [-0.39, 0.29) is 5.56 Å². The summed E-state index contributed by atoms with van der Waals surface area (Å²) in [5.74, 6) is 1.93. The molecule has 1 N–H and O–H groups in total. The SMILES string of the molecule is O=c1[nH]c(-c2ccc3c(c2)OCCO3)ncc1I. The summed E-state index contributed by atoms with van der Waals surface area (Å²) in [6, 6.07) is 5.49. The summed E-state index contributed by atoms with van der Waals surface area (Å²) in [5, 5.41) is 0. The molecule has 1 aliphatic heterocycles. The molecule has 0 fully saturated rings. The van der Waals surface area contributed by atoms with Gasteiger partial charge in [0.1, 0.15) is 19.0 Å². The van der Waals surface area contributed by atoms with Crippen LogP contribution in [0.15, 0.2) is 29.2 Å². The number of nitrogens with one attached hydrogen (secondary N) is 1.